The molecule has 1 fully saturated rings. The number of carbonyl (C=O) groups is 2. The minimum absolute atomic E-state index is 0.00854. The highest BCUT2D eigenvalue weighted by atomic mass is 16.6. The van der Waals surface area contributed by atoms with Gasteiger partial charge in [-0.05, 0) is 48.9 Å². The largest absolute Gasteiger partial charge is 0.483 e. The van der Waals surface area contributed by atoms with Crippen LogP contribution in [0.5, 0.6) is 11.5 Å². The lowest BCUT2D eigenvalue weighted by molar-refractivity contribution is -0.134. The van der Waals surface area contributed by atoms with Crippen LogP contribution in [0.15, 0.2) is 48.5 Å². The molecule has 166 valence electrons. The molecule has 1 saturated heterocycles. The first-order chi connectivity index (χ1) is 14.7. The Morgan fingerprint density at radius 3 is 2.39 bits per heavy atom. The number of aryl methyl sites for hydroxylation is 1. The van der Waals surface area contributed by atoms with Gasteiger partial charge in [0.1, 0.15) is 11.5 Å². The van der Waals surface area contributed by atoms with Gasteiger partial charge in [0, 0.05) is 19.1 Å². The maximum atomic E-state index is 12.7. The summed E-state index contributed by atoms with van der Waals surface area (Å²) in [5, 5.41) is 2.88. The number of rotatable bonds is 5. The Morgan fingerprint density at radius 2 is 1.74 bits per heavy atom. The number of piperidine rings is 1. The van der Waals surface area contributed by atoms with Crippen LogP contribution in [-0.4, -0.2) is 42.6 Å². The number of carbonyl (C=O) groups excluding carboxylic acids is 2. The lowest BCUT2D eigenvalue weighted by Gasteiger charge is -2.32. The Labute approximate surface area is 184 Å². The minimum Gasteiger partial charge on any atom is -0.483 e. The van der Waals surface area contributed by atoms with Crippen LogP contribution in [0.1, 0.15) is 44.7 Å². The molecule has 31 heavy (non-hydrogen) atoms. The second-order valence-electron chi connectivity index (χ2n) is 9.04. The number of para-hydroxylation sites is 1. The summed E-state index contributed by atoms with van der Waals surface area (Å²) in [6.07, 6.45) is 0.911. The predicted octanol–water partition coefficient (Wildman–Crippen LogP) is 4.45. The smallest absolute Gasteiger partial charge is 0.412 e. The molecule has 2 aromatic carbocycles. The summed E-state index contributed by atoms with van der Waals surface area (Å²) in [6, 6.07) is 15.0. The van der Waals surface area contributed by atoms with Crippen molar-refractivity contribution in [2.24, 2.45) is 0 Å². The topological polar surface area (TPSA) is 67.9 Å². The molecule has 2 amide bonds. The number of ether oxygens (including phenoxy) is 2. The average Bonchev–Trinajstić information content (AvgIpc) is 2.73. The molecule has 6 heteroatoms. The van der Waals surface area contributed by atoms with Crippen molar-refractivity contribution in [3.8, 4) is 11.5 Å². The van der Waals surface area contributed by atoms with Crippen LogP contribution in [0.3, 0.4) is 0 Å². The van der Waals surface area contributed by atoms with Gasteiger partial charge in [-0.3, -0.25) is 4.79 Å². The summed E-state index contributed by atoms with van der Waals surface area (Å²) in [5.74, 6) is 1.23. The van der Waals surface area contributed by atoms with Crippen molar-refractivity contribution >= 4 is 12.0 Å². The van der Waals surface area contributed by atoms with Crippen LogP contribution in [0.25, 0.3) is 0 Å². The van der Waals surface area contributed by atoms with Crippen molar-refractivity contribution in [3.05, 3.63) is 59.7 Å². The normalized spacial score (nSPS) is 14.8. The van der Waals surface area contributed by atoms with Crippen molar-refractivity contribution in [1.29, 1.82) is 0 Å². The van der Waals surface area contributed by atoms with Gasteiger partial charge in [-0.1, -0.05) is 56.7 Å². The van der Waals surface area contributed by atoms with E-state index in [1.165, 1.54) is 5.56 Å². The van der Waals surface area contributed by atoms with E-state index in [0.717, 1.165) is 11.3 Å². The molecule has 6 nitrogen and oxygen atoms in total. The van der Waals surface area contributed by atoms with Crippen molar-refractivity contribution in [2.45, 2.75) is 52.0 Å². The Balaban J connectivity index is 1.46. The zero-order chi connectivity index (χ0) is 22.4. The molecule has 1 heterocycles. The second-order valence-corrected chi connectivity index (χ2v) is 9.04. The van der Waals surface area contributed by atoms with Crippen molar-refractivity contribution in [1.82, 2.24) is 10.2 Å². The summed E-state index contributed by atoms with van der Waals surface area (Å²) in [5.41, 5.74) is 2.20. The lowest BCUT2D eigenvalue weighted by atomic mass is 9.85. The molecule has 0 saturated carbocycles. The van der Waals surface area contributed by atoms with Gasteiger partial charge in [0.2, 0.25) is 0 Å². The first kappa shape index (κ1) is 22.7. The van der Waals surface area contributed by atoms with E-state index in [0.29, 0.717) is 31.7 Å². The molecule has 0 aromatic heterocycles. The molecule has 1 aliphatic rings. The van der Waals surface area contributed by atoms with Crippen LogP contribution in [-0.2, 0) is 10.2 Å². The first-order valence-corrected chi connectivity index (χ1v) is 10.8. The van der Waals surface area contributed by atoms with E-state index in [2.05, 4.69) is 39.1 Å². The molecule has 0 radical (unpaired) electrons. The van der Waals surface area contributed by atoms with E-state index in [1.54, 1.807) is 17.0 Å². The number of nitrogens with one attached hydrogen (secondary N) is 1. The standard InChI is InChI=1S/C25H32N2O4/c1-18-10-11-22(21(16-18)25(2,3)4)30-17-23(28)27-14-12-19(13-15-27)26-24(29)31-20-8-6-5-7-9-20/h5-11,16,19H,12-15,17H2,1-4H3,(H,26,29). The first-order valence-electron chi connectivity index (χ1n) is 10.8. The molecule has 3 rings (SSSR count). The molecule has 1 N–H and O–H groups in total. The highest BCUT2D eigenvalue weighted by Crippen LogP contribution is 2.32. The Kier molecular flexibility index (Phi) is 7.21. The SMILES string of the molecule is Cc1ccc(OCC(=O)N2CCC(NC(=O)Oc3ccccc3)CC2)c(C(C)(C)C)c1. The number of nitrogens with zero attached hydrogens (tertiary/aromatic N) is 1. The summed E-state index contributed by atoms with van der Waals surface area (Å²) in [4.78, 5) is 26.5. The van der Waals surface area contributed by atoms with E-state index in [4.69, 9.17) is 9.47 Å². The van der Waals surface area contributed by atoms with E-state index >= 15 is 0 Å². The molecule has 0 aliphatic carbocycles. The summed E-state index contributed by atoms with van der Waals surface area (Å²) in [7, 11) is 0. The Bertz CT molecular complexity index is 897. The highest BCUT2D eigenvalue weighted by Gasteiger charge is 2.25. The van der Waals surface area contributed by atoms with Crippen molar-refractivity contribution in [2.75, 3.05) is 19.7 Å². The fourth-order valence-corrected chi connectivity index (χ4v) is 3.65. The molecule has 0 bridgehead atoms. The summed E-state index contributed by atoms with van der Waals surface area (Å²) >= 11 is 0. The average molecular weight is 425 g/mol. The van der Waals surface area contributed by atoms with Gasteiger partial charge >= 0.3 is 6.09 Å². The number of hydrogen-bond acceptors (Lipinski definition) is 4. The minimum atomic E-state index is -0.464. The van der Waals surface area contributed by atoms with E-state index < -0.39 is 6.09 Å². The highest BCUT2D eigenvalue weighted by molar-refractivity contribution is 5.78. The zero-order valence-electron chi connectivity index (χ0n) is 18.8. The maximum Gasteiger partial charge on any atom is 0.412 e. The van der Waals surface area contributed by atoms with Gasteiger partial charge in [-0.2, -0.15) is 0 Å². The lowest BCUT2D eigenvalue weighted by Crippen LogP contribution is -2.48. The van der Waals surface area contributed by atoms with Crippen LogP contribution in [0.2, 0.25) is 0 Å². The van der Waals surface area contributed by atoms with Crippen molar-refractivity contribution < 1.29 is 19.1 Å². The van der Waals surface area contributed by atoms with E-state index in [1.807, 2.05) is 30.3 Å². The number of likely N-dealkylation sites (tertiary alicyclic amines) is 1. The fraction of sp³-hybridized carbons (Fsp3) is 0.440. The van der Waals surface area contributed by atoms with Crippen LogP contribution in [0, 0.1) is 6.92 Å². The number of amides is 2. The van der Waals surface area contributed by atoms with Crippen molar-refractivity contribution in [3.63, 3.8) is 0 Å². The molecule has 1 aliphatic heterocycles. The van der Waals surface area contributed by atoms with Gasteiger partial charge in [-0.15, -0.1) is 0 Å². The summed E-state index contributed by atoms with van der Waals surface area (Å²) < 4.78 is 11.2. The number of benzene rings is 2. The van der Waals surface area contributed by atoms with Crippen LogP contribution in [0.4, 0.5) is 4.79 Å². The Hall–Kier alpha value is -3.02. The van der Waals surface area contributed by atoms with Gasteiger partial charge in [0.25, 0.3) is 5.91 Å². The van der Waals surface area contributed by atoms with E-state index in [9.17, 15) is 9.59 Å². The fourth-order valence-electron chi connectivity index (χ4n) is 3.65. The molecule has 0 atom stereocenters. The third-order valence-corrected chi connectivity index (χ3v) is 5.42. The predicted molar refractivity (Wildman–Crippen MR) is 121 cm³/mol. The van der Waals surface area contributed by atoms with E-state index in [-0.39, 0.29) is 24.0 Å². The quantitative estimate of drug-likeness (QED) is 0.770. The third kappa shape index (κ3) is 6.48. The monoisotopic (exact) mass is 424 g/mol. The second kappa shape index (κ2) is 9.86. The van der Waals surface area contributed by atoms with Gasteiger partial charge in [-0.25, -0.2) is 4.79 Å². The zero-order valence-corrected chi connectivity index (χ0v) is 18.8. The van der Waals surface area contributed by atoms with Crippen LogP contribution < -0.4 is 14.8 Å². The molecule has 2 aromatic rings. The molecule has 0 spiro atoms. The van der Waals surface area contributed by atoms with Crippen LogP contribution >= 0.6 is 0 Å². The third-order valence-electron chi connectivity index (χ3n) is 5.42. The summed E-state index contributed by atoms with van der Waals surface area (Å²) in [6.45, 7) is 9.64. The van der Waals surface area contributed by atoms with Gasteiger partial charge in [0.05, 0.1) is 0 Å². The Morgan fingerprint density at radius 1 is 1.06 bits per heavy atom. The molecular formula is C25H32N2O4. The van der Waals surface area contributed by atoms with Gasteiger partial charge < -0.3 is 19.7 Å². The maximum absolute atomic E-state index is 12.7. The van der Waals surface area contributed by atoms with Gasteiger partial charge in [0.15, 0.2) is 6.61 Å². The molecular weight excluding hydrogens is 392 g/mol. The number of hydrogen-bond donors (Lipinski definition) is 1. The molecule has 0 unspecified atom stereocenters.